The number of phenols is 1. The first-order chi connectivity index (χ1) is 16.2. The van der Waals surface area contributed by atoms with Crippen LogP contribution in [0.1, 0.15) is 46.4 Å². The molecule has 3 heterocycles. The molecule has 1 aliphatic carbocycles. The van der Waals surface area contributed by atoms with Crippen molar-refractivity contribution in [2.45, 2.75) is 24.8 Å². The number of amides is 1. The molecular weight excluding hydrogens is 414 g/mol. The zero-order valence-electron chi connectivity index (χ0n) is 18.2. The summed E-state index contributed by atoms with van der Waals surface area (Å²) in [5, 5.41) is 21.6. The molecule has 0 spiro atoms. The SMILES string of the molecule is O=C(c1cc(-c2ccc(O)cc2)nc2[nH]nc(C3CC3)c12)N1CCNC[C@H]1c1ccccc1. The summed E-state index contributed by atoms with van der Waals surface area (Å²) in [4.78, 5) is 20.9. The van der Waals surface area contributed by atoms with E-state index >= 15 is 0 Å². The van der Waals surface area contributed by atoms with E-state index in [0.717, 1.165) is 48.1 Å². The van der Waals surface area contributed by atoms with E-state index in [4.69, 9.17) is 4.98 Å². The molecule has 0 unspecified atom stereocenters. The van der Waals surface area contributed by atoms with Crippen molar-refractivity contribution in [3.63, 3.8) is 0 Å². The van der Waals surface area contributed by atoms with Gasteiger partial charge in [0.2, 0.25) is 0 Å². The molecule has 2 aliphatic rings. The van der Waals surface area contributed by atoms with Gasteiger partial charge in [0.15, 0.2) is 5.65 Å². The number of phenolic OH excluding ortho intramolecular Hbond substituents is 1. The molecule has 166 valence electrons. The van der Waals surface area contributed by atoms with Gasteiger partial charge in [-0.05, 0) is 48.7 Å². The summed E-state index contributed by atoms with van der Waals surface area (Å²) in [6.45, 7) is 2.11. The van der Waals surface area contributed by atoms with Crippen molar-refractivity contribution in [2.24, 2.45) is 0 Å². The summed E-state index contributed by atoms with van der Waals surface area (Å²) < 4.78 is 0. The first-order valence-electron chi connectivity index (χ1n) is 11.4. The maximum Gasteiger partial charge on any atom is 0.255 e. The van der Waals surface area contributed by atoms with Crippen molar-refractivity contribution in [1.82, 2.24) is 25.4 Å². The van der Waals surface area contributed by atoms with E-state index in [1.165, 1.54) is 0 Å². The van der Waals surface area contributed by atoms with E-state index in [9.17, 15) is 9.90 Å². The lowest BCUT2D eigenvalue weighted by molar-refractivity contribution is 0.0636. The number of piperazine rings is 1. The summed E-state index contributed by atoms with van der Waals surface area (Å²) in [5.74, 6) is 0.584. The maximum atomic E-state index is 14.1. The number of carbonyl (C=O) groups excluding carboxylic acids is 1. The van der Waals surface area contributed by atoms with Gasteiger partial charge in [0, 0.05) is 31.1 Å². The predicted molar refractivity (Wildman–Crippen MR) is 126 cm³/mol. The second-order valence-electron chi connectivity index (χ2n) is 8.84. The Labute approximate surface area is 191 Å². The number of rotatable bonds is 4. The number of H-pyrrole nitrogens is 1. The highest BCUT2D eigenvalue weighted by molar-refractivity contribution is 6.07. The number of pyridine rings is 1. The summed E-state index contributed by atoms with van der Waals surface area (Å²) in [6.07, 6.45) is 2.18. The smallest absolute Gasteiger partial charge is 0.255 e. The number of aromatic nitrogens is 3. The van der Waals surface area contributed by atoms with Crippen LogP contribution < -0.4 is 5.32 Å². The van der Waals surface area contributed by atoms with Crippen LogP contribution in [0.25, 0.3) is 22.3 Å². The molecule has 2 fully saturated rings. The monoisotopic (exact) mass is 439 g/mol. The van der Waals surface area contributed by atoms with Gasteiger partial charge in [-0.2, -0.15) is 5.10 Å². The molecule has 1 aliphatic heterocycles. The van der Waals surface area contributed by atoms with E-state index in [0.29, 0.717) is 29.4 Å². The molecular formula is C26H25N5O2. The first kappa shape index (κ1) is 19.9. The second kappa shape index (κ2) is 8.01. The number of carbonyl (C=O) groups is 1. The molecule has 7 heteroatoms. The molecule has 0 bridgehead atoms. The van der Waals surface area contributed by atoms with Gasteiger partial charge >= 0.3 is 0 Å². The molecule has 33 heavy (non-hydrogen) atoms. The van der Waals surface area contributed by atoms with Crippen LogP contribution >= 0.6 is 0 Å². The number of fused-ring (bicyclic) bond motifs is 1. The van der Waals surface area contributed by atoms with E-state index in [1.54, 1.807) is 12.1 Å². The highest BCUT2D eigenvalue weighted by Gasteiger charge is 2.34. The fourth-order valence-corrected chi connectivity index (χ4v) is 4.73. The van der Waals surface area contributed by atoms with Crippen molar-refractivity contribution in [3.05, 3.63) is 77.5 Å². The van der Waals surface area contributed by atoms with Crippen molar-refractivity contribution in [1.29, 1.82) is 0 Å². The number of aromatic amines is 1. The fourth-order valence-electron chi connectivity index (χ4n) is 4.73. The van der Waals surface area contributed by atoms with Crippen LogP contribution in [-0.2, 0) is 0 Å². The van der Waals surface area contributed by atoms with E-state index in [1.807, 2.05) is 41.3 Å². The summed E-state index contributed by atoms with van der Waals surface area (Å²) in [7, 11) is 0. The van der Waals surface area contributed by atoms with Gasteiger partial charge < -0.3 is 15.3 Å². The van der Waals surface area contributed by atoms with Crippen LogP contribution in [0.15, 0.2) is 60.7 Å². The van der Waals surface area contributed by atoms with Crippen LogP contribution in [0.4, 0.5) is 0 Å². The van der Waals surface area contributed by atoms with Crippen LogP contribution in [0, 0.1) is 0 Å². The fraction of sp³-hybridized carbons (Fsp3) is 0.269. The molecule has 2 aromatic heterocycles. The standard InChI is InChI=1S/C26H25N5O2/c32-19-10-8-16(9-11-19)21-14-20(23-24(18-6-7-18)29-30-25(23)28-21)26(33)31-13-12-27-15-22(31)17-4-2-1-3-5-17/h1-5,8-11,14,18,22,27,32H,6-7,12-13,15H2,(H,28,29,30)/t22-/m0/s1. The third-order valence-corrected chi connectivity index (χ3v) is 6.60. The third kappa shape index (κ3) is 3.64. The molecule has 4 aromatic rings. The van der Waals surface area contributed by atoms with E-state index < -0.39 is 0 Å². The van der Waals surface area contributed by atoms with Crippen molar-refractivity contribution in [3.8, 4) is 17.0 Å². The second-order valence-corrected chi connectivity index (χ2v) is 8.84. The average molecular weight is 440 g/mol. The number of hydrogen-bond donors (Lipinski definition) is 3. The van der Waals surface area contributed by atoms with Gasteiger partial charge in [0.05, 0.1) is 28.4 Å². The summed E-state index contributed by atoms with van der Waals surface area (Å²) in [5.41, 5.74) is 4.87. The number of hydrogen-bond acceptors (Lipinski definition) is 5. The van der Waals surface area contributed by atoms with Crippen molar-refractivity contribution < 1.29 is 9.90 Å². The van der Waals surface area contributed by atoms with Crippen LogP contribution in [-0.4, -0.2) is 50.7 Å². The predicted octanol–water partition coefficient (Wildman–Crippen LogP) is 3.99. The Morgan fingerprint density at radius 3 is 2.61 bits per heavy atom. The maximum absolute atomic E-state index is 14.1. The van der Waals surface area contributed by atoms with Gasteiger partial charge in [0.1, 0.15) is 5.75 Å². The third-order valence-electron chi connectivity index (χ3n) is 6.60. The molecule has 6 rings (SSSR count). The lowest BCUT2D eigenvalue weighted by Crippen LogP contribution is -2.48. The highest BCUT2D eigenvalue weighted by Crippen LogP contribution is 2.43. The Kier molecular flexibility index (Phi) is 4.84. The Morgan fingerprint density at radius 1 is 1.06 bits per heavy atom. The molecule has 2 aromatic carbocycles. The normalized spacial score (nSPS) is 18.5. The zero-order valence-corrected chi connectivity index (χ0v) is 18.2. The molecule has 1 saturated heterocycles. The molecule has 7 nitrogen and oxygen atoms in total. The molecule has 1 atom stereocenters. The molecule has 3 N–H and O–H groups in total. The quantitative estimate of drug-likeness (QED) is 0.447. The van der Waals surface area contributed by atoms with Gasteiger partial charge in [-0.3, -0.25) is 9.89 Å². The number of nitrogens with one attached hydrogen (secondary N) is 2. The molecule has 0 radical (unpaired) electrons. The van der Waals surface area contributed by atoms with Crippen LogP contribution in [0.5, 0.6) is 5.75 Å². The Morgan fingerprint density at radius 2 is 1.85 bits per heavy atom. The summed E-state index contributed by atoms with van der Waals surface area (Å²) >= 11 is 0. The Hall–Kier alpha value is -3.71. The van der Waals surface area contributed by atoms with Gasteiger partial charge in [-0.1, -0.05) is 30.3 Å². The van der Waals surface area contributed by atoms with Gasteiger partial charge in [-0.15, -0.1) is 0 Å². The first-order valence-corrected chi connectivity index (χ1v) is 11.4. The lowest BCUT2D eigenvalue weighted by Gasteiger charge is -2.36. The van der Waals surface area contributed by atoms with Crippen LogP contribution in [0.3, 0.4) is 0 Å². The Balaban J connectivity index is 1.48. The van der Waals surface area contributed by atoms with E-state index in [-0.39, 0.29) is 17.7 Å². The molecule has 1 saturated carbocycles. The highest BCUT2D eigenvalue weighted by atomic mass is 16.3. The van der Waals surface area contributed by atoms with Gasteiger partial charge in [-0.25, -0.2) is 4.98 Å². The number of aromatic hydroxyl groups is 1. The number of benzene rings is 2. The van der Waals surface area contributed by atoms with Crippen molar-refractivity contribution >= 4 is 16.9 Å². The topological polar surface area (TPSA) is 94.1 Å². The lowest BCUT2D eigenvalue weighted by atomic mass is 9.99. The van der Waals surface area contributed by atoms with Crippen molar-refractivity contribution in [2.75, 3.05) is 19.6 Å². The summed E-state index contributed by atoms with van der Waals surface area (Å²) in [6, 6.07) is 18.9. The minimum atomic E-state index is -0.0379. The zero-order chi connectivity index (χ0) is 22.4. The van der Waals surface area contributed by atoms with E-state index in [2.05, 4.69) is 27.6 Å². The largest absolute Gasteiger partial charge is 0.508 e. The molecule has 1 amide bonds. The minimum Gasteiger partial charge on any atom is -0.508 e. The van der Waals surface area contributed by atoms with Gasteiger partial charge in [0.25, 0.3) is 5.91 Å². The minimum absolute atomic E-state index is 0.00100. The number of nitrogens with zero attached hydrogens (tertiary/aromatic N) is 3. The van der Waals surface area contributed by atoms with Crippen LogP contribution in [0.2, 0.25) is 0 Å². The average Bonchev–Trinajstić information content (AvgIpc) is 3.62. The Bertz CT molecular complexity index is 1310.